The van der Waals surface area contributed by atoms with Gasteiger partial charge in [0.05, 0.1) is 24.2 Å². The second-order valence-electron chi connectivity index (χ2n) is 7.99. The Morgan fingerprint density at radius 1 is 0.938 bits per heavy atom. The lowest BCUT2D eigenvalue weighted by Gasteiger charge is -2.44. The van der Waals surface area contributed by atoms with Crippen LogP contribution in [0.5, 0.6) is 0 Å². The smallest absolute Gasteiger partial charge is 0.292 e. The number of aromatic nitrogens is 2. The van der Waals surface area contributed by atoms with E-state index in [9.17, 15) is 9.59 Å². The summed E-state index contributed by atoms with van der Waals surface area (Å²) in [5.41, 5.74) is 1.14. The Balaban J connectivity index is 1.40. The first-order chi connectivity index (χ1) is 15.5. The van der Waals surface area contributed by atoms with Crippen molar-refractivity contribution in [2.75, 3.05) is 29.6 Å². The highest BCUT2D eigenvalue weighted by molar-refractivity contribution is 6.33. The lowest BCUT2D eigenvalue weighted by atomic mass is 9.85. The Labute approximate surface area is 195 Å². The zero-order valence-electron chi connectivity index (χ0n) is 17.2. The summed E-state index contributed by atoms with van der Waals surface area (Å²) in [5, 5.41) is 7.93. The second-order valence-corrected chi connectivity index (χ2v) is 8.80. The molecule has 2 aliphatic rings. The number of nitrogens with one attached hydrogen (secondary N) is 1. The van der Waals surface area contributed by atoms with Gasteiger partial charge in [0.1, 0.15) is 10.6 Å². The van der Waals surface area contributed by atoms with E-state index in [-0.39, 0.29) is 10.9 Å². The van der Waals surface area contributed by atoms with E-state index in [1.165, 1.54) is 4.68 Å². The largest absolute Gasteiger partial charge is 0.369 e. The van der Waals surface area contributed by atoms with Crippen LogP contribution in [0.1, 0.15) is 12.8 Å². The Morgan fingerprint density at radius 2 is 1.66 bits per heavy atom. The molecule has 164 valence electrons. The van der Waals surface area contributed by atoms with Crippen LogP contribution in [0, 0.1) is 0 Å². The minimum Gasteiger partial charge on any atom is -0.369 e. The molecule has 1 amide bonds. The summed E-state index contributed by atoms with van der Waals surface area (Å²) in [7, 11) is 0. The van der Waals surface area contributed by atoms with Gasteiger partial charge in [-0.05, 0) is 43.2 Å². The van der Waals surface area contributed by atoms with Gasteiger partial charge in [0.2, 0.25) is 5.91 Å². The number of rotatable bonds is 3. The van der Waals surface area contributed by atoms with Crippen molar-refractivity contribution < 1.29 is 4.79 Å². The Bertz CT molecular complexity index is 1220. The Kier molecular flexibility index (Phi) is 5.31. The zero-order valence-corrected chi connectivity index (χ0v) is 18.7. The molecule has 3 aromatic rings. The van der Waals surface area contributed by atoms with Gasteiger partial charge >= 0.3 is 0 Å². The number of carbonyl (C=O) groups excluding carboxylic acids is 1. The fourth-order valence-corrected chi connectivity index (χ4v) is 5.02. The van der Waals surface area contributed by atoms with Crippen molar-refractivity contribution in [2.45, 2.75) is 18.4 Å². The minimum absolute atomic E-state index is 0.0431. The van der Waals surface area contributed by atoms with Crippen LogP contribution in [0.25, 0.3) is 5.69 Å². The normalized spacial score (nSPS) is 17.6. The quantitative estimate of drug-likeness (QED) is 0.635. The molecular formula is C23H21Cl2N5O2. The lowest BCUT2D eigenvalue weighted by Crippen LogP contribution is -2.56. The van der Waals surface area contributed by atoms with Crippen molar-refractivity contribution in [3.8, 4) is 5.69 Å². The third-order valence-electron chi connectivity index (χ3n) is 6.29. The van der Waals surface area contributed by atoms with Crippen LogP contribution in [-0.4, -0.2) is 41.0 Å². The maximum atomic E-state index is 12.9. The molecule has 2 aromatic carbocycles. The number of nitrogens with zero attached hydrogens (tertiary/aromatic N) is 4. The van der Waals surface area contributed by atoms with Crippen LogP contribution in [0.15, 0.2) is 65.6 Å². The van der Waals surface area contributed by atoms with E-state index in [2.05, 4.69) is 15.3 Å². The van der Waals surface area contributed by atoms with Gasteiger partial charge in [-0.3, -0.25) is 9.59 Å². The molecule has 2 saturated heterocycles. The van der Waals surface area contributed by atoms with E-state index in [4.69, 9.17) is 23.2 Å². The topological polar surface area (TPSA) is 70.5 Å². The number of benzene rings is 2. The molecule has 7 nitrogen and oxygen atoms in total. The minimum atomic E-state index is -0.604. The predicted molar refractivity (Wildman–Crippen MR) is 126 cm³/mol. The third kappa shape index (κ3) is 3.42. The summed E-state index contributed by atoms with van der Waals surface area (Å²) in [6.45, 7) is 1.65. The molecule has 2 fully saturated rings. The molecule has 1 spiro atoms. The van der Waals surface area contributed by atoms with Gasteiger partial charge in [-0.2, -0.15) is 9.78 Å². The zero-order chi connectivity index (χ0) is 22.3. The van der Waals surface area contributed by atoms with Crippen LogP contribution in [0.3, 0.4) is 0 Å². The van der Waals surface area contributed by atoms with Crippen LogP contribution in [-0.2, 0) is 4.79 Å². The summed E-state index contributed by atoms with van der Waals surface area (Å²) in [5.74, 6) is 0.0431. The van der Waals surface area contributed by atoms with E-state index >= 15 is 0 Å². The fraction of sp³-hybridized carbons (Fsp3) is 0.261. The first-order valence-corrected chi connectivity index (χ1v) is 11.1. The average Bonchev–Trinajstić information content (AvgIpc) is 3.12. The van der Waals surface area contributed by atoms with E-state index < -0.39 is 11.1 Å². The van der Waals surface area contributed by atoms with Crippen LogP contribution in [0.2, 0.25) is 10.0 Å². The first kappa shape index (κ1) is 20.8. The van der Waals surface area contributed by atoms with Crippen molar-refractivity contribution in [2.24, 2.45) is 0 Å². The maximum Gasteiger partial charge on any atom is 0.292 e. The van der Waals surface area contributed by atoms with Crippen molar-refractivity contribution in [1.82, 2.24) is 15.1 Å². The van der Waals surface area contributed by atoms with Crippen molar-refractivity contribution in [3.05, 3.63) is 81.2 Å². The molecule has 0 aliphatic carbocycles. The molecule has 0 saturated carbocycles. The van der Waals surface area contributed by atoms with Crippen LogP contribution < -0.4 is 20.7 Å². The number of halogens is 2. The van der Waals surface area contributed by atoms with Gasteiger partial charge in [-0.15, -0.1) is 0 Å². The highest BCUT2D eigenvalue weighted by Crippen LogP contribution is 2.38. The van der Waals surface area contributed by atoms with Crippen molar-refractivity contribution in [1.29, 1.82) is 0 Å². The van der Waals surface area contributed by atoms with E-state index in [1.54, 1.807) is 30.5 Å². The average molecular weight is 470 g/mol. The van der Waals surface area contributed by atoms with E-state index in [0.29, 0.717) is 49.0 Å². The van der Waals surface area contributed by atoms with Gasteiger partial charge in [-0.1, -0.05) is 47.5 Å². The van der Waals surface area contributed by atoms with Crippen LogP contribution in [0.4, 0.5) is 11.4 Å². The summed E-state index contributed by atoms with van der Waals surface area (Å²) in [4.78, 5) is 29.9. The van der Waals surface area contributed by atoms with Crippen LogP contribution >= 0.6 is 23.2 Å². The molecule has 0 bridgehead atoms. The molecular weight excluding hydrogens is 449 g/mol. The first-order valence-electron chi connectivity index (χ1n) is 10.4. The molecule has 5 rings (SSSR count). The highest BCUT2D eigenvalue weighted by Gasteiger charge is 2.50. The molecule has 32 heavy (non-hydrogen) atoms. The lowest BCUT2D eigenvalue weighted by molar-refractivity contribution is -0.124. The van der Waals surface area contributed by atoms with Gasteiger partial charge in [0.15, 0.2) is 0 Å². The Hall–Kier alpha value is -3.03. The number of para-hydroxylation sites is 1. The molecule has 3 heterocycles. The van der Waals surface area contributed by atoms with Crippen molar-refractivity contribution >= 4 is 40.5 Å². The van der Waals surface area contributed by atoms with E-state index in [1.807, 2.05) is 35.2 Å². The molecule has 0 unspecified atom stereocenters. The summed E-state index contributed by atoms with van der Waals surface area (Å²) in [6, 6.07) is 16.8. The summed E-state index contributed by atoms with van der Waals surface area (Å²) >= 11 is 12.5. The van der Waals surface area contributed by atoms with Gasteiger partial charge in [0, 0.05) is 23.8 Å². The number of anilines is 2. The SMILES string of the molecule is O=C1NCN(c2ccccc2)C12CCN(c1cnn(-c3cccc(Cl)c3)c(=O)c1Cl)CC2. The number of carbonyl (C=O) groups is 1. The van der Waals surface area contributed by atoms with Gasteiger partial charge in [-0.25, -0.2) is 0 Å². The molecule has 1 aromatic heterocycles. The molecule has 1 N–H and O–H groups in total. The number of amides is 1. The monoisotopic (exact) mass is 469 g/mol. The Morgan fingerprint density at radius 3 is 2.38 bits per heavy atom. The predicted octanol–water partition coefficient (Wildman–Crippen LogP) is 3.47. The number of hydrogen-bond acceptors (Lipinski definition) is 5. The molecule has 0 radical (unpaired) electrons. The summed E-state index contributed by atoms with van der Waals surface area (Å²) < 4.78 is 1.24. The van der Waals surface area contributed by atoms with Gasteiger partial charge in [0.25, 0.3) is 5.56 Å². The van der Waals surface area contributed by atoms with Gasteiger partial charge < -0.3 is 15.1 Å². The summed E-state index contributed by atoms with van der Waals surface area (Å²) in [6.07, 6.45) is 2.83. The second kappa shape index (κ2) is 8.15. The standard InChI is InChI=1S/C23H21Cl2N5O2/c24-16-5-4-8-18(13-16)30-21(31)20(25)19(14-27-30)28-11-9-23(10-12-28)22(32)26-15-29(23)17-6-2-1-3-7-17/h1-8,13-14H,9-12,15H2,(H,26,32). The highest BCUT2D eigenvalue weighted by atomic mass is 35.5. The molecule has 0 atom stereocenters. The molecule has 2 aliphatic heterocycles. The third-order valence-corrected chi connectivity index (χ3v) is 6.88. The number of hydrogen-bond donors (Lipinski definition) is 1. The molecule has 9 heteroatoms. The van der Waals surface area contributed by atoms with Crippen molar-refractivity contribution in [3.63, 3.8) is 0 Å². The maximum absolute atomic E-state index is 12.9. The van der Waals surface area contributed by atoms with E-state index in [0.717, 1.165) is 5.69 Å². The fourth-order valence-electron chi connectivity index (χ4n) is 4.59. The number of piperidine rings is 1.